The molecule has 1 saturated heterocycles. The van der Waals surface area contributed by atoms with Gasteiger partial charge in [0, 0.05) is 7.05 Å². The summed E-state index contributed by atoms with van der Waals surface area (Å²) in [4.78, 5) is 16.3. The molecule has 0 unspecified atom stereocenters. The van der Waals surface area contributed by atoms with E-state index in [1.165, 1.54) is 4.90 Å². The summed E-state index contributed by atoms with van der Waals surface area (Å²) in [5, 5.41) is 1.46. The third-order valence-corrected chi connectivity index (χ3v) is 6.04. The molecule has 3 aromatic rings. The zero-order chi connectivity index (χ0) is 22.0. The summed E-state index contributed by atoms with van der Waals surface area (Å²) in [6.45, 7) is 0.374. The molecule has 0 saturated carbocycles. The number of hydrogen-bond donors (Lipinski definition) is 0. The molecule has 1 fully saturated rings. The number of benzene rings is 3. The van der Waals surface area contributed by atoms with Gasteiger partial charge in [-0.2, -0.15) is 0 Å². The topological polar surface area (TPSA) is 32.8 Å². The van der Waals surface area contributed by atoms with Crippen molar-refractivity contribution < 1.29 is 9.53 Å². The van der Waals surface area contributed by atoms with E-state index in [2.05, 4.69) is 0 Å². The standard InChI is InChI=1S/C24H18Cl2N2O2S/c1-27-22(23(29)28(24(27)31)18-5-3-2-4-6-18)14-16-7-10-19(11-8-16)30-15-17-9-12-20(25)21(26)13-17/h2-14H,15H2,1H3/b22-14-. The number of thiocarbonyl (C=S) groups is 1. The van der Waals surface area contributed by atoms with Gasteiger partial charge in [0.1, 0.15) is 18.1 Å². The van der Waals surface area contributed by atoms with Crippen LogP contribution in [0.15, 0.2) is 78.5 Å². The molecule has 156 valence electrons. The van der Waals surface area contributed by atoms with Crippen LogP contribution < -0.4 is 9.64 Å². The number of carbonyl (C=O) groups excluding carboxylic acids is 1. The molecule has 0 atom stereocenters. The monoisotopic (exact) mass is 468 g/mol. The summed E-state index contributed by atoms with van der Waals surface area (Å²) < 4.78 is 5.82. The summed E-state index contributed by atoms with van der Waals surface area (Å²) in [6, 6.07) is 22.3. The molecule has 4 nitrogen and oxygen atoms in total. The molecule has 31 heavy (non-hydrogen) atoms. The molecule has 0 bridgehead atoms. The lowest BCUT2D eigenvalue weighted by atomic mass is 10.1. The van der Waals surface area contributed by atoms with Crippen molar-refractivity contribution in [1.29, 1.82) is 0 Å². The molecule has 4 rings (SSSR count). The van der Waals surface area contributed by atoms with E-state index >= 15 is 0 Å². The molecular weight excluding hydrogens is 451 g/mol. The summed E-state index contributed by atoms with van der Waals surface area (Å²) in [5.41, 5.74) is 3.06. The molecule has 1 aliphatic heterocycles. The predicted molar refractivity (Wildman–Crippen MR) is 130 cm³/mol. The minimum Gasteiger partial charge on any atom is -0.489 e. The van der Waals surface area contributed by atoms with Gasteiger partial charge in [0.2, 0.25) is 0 Å². The summed E-state index contributed by atoms with van der Waals surface area (Å²) in [5.74, 6) is 0.555. The van der Waals surface area contributed by atoms with Crippen LogP contribution in [0.5, 0.6) is 5.75 Å². The van der Waals surface area contributed by atoms with Crippen molar-refractivity contribution in [2.45, 2.75) is 6.61 Å². The van der Waals surface area contributed by atoms with Gasteiger partial charge < -0.3 is 9.64 Å². The number of likely N-dealkylation sites (N-methyl/N-ethyl adjacent to an activating group) is 1. The Labute approximate surface area is 196 Å². The van der Waals surface area contributed by atoms with Crippen LogP contribution in [0.4, 0.5) is 5.69 Å². The fourth-order valence-corrected chi connectivity index (χ4v) is 3.78. The second-order valence-electron chi connectivity index (χ2n) is 6.95. The van der Waals surface area contributed by atoms with Crippen LogP contribution in [0.1, 0.15) is 11.1 Å². The minimum atomic E-state index is -0.154. The number of ether oxygens (including phenoxy) is 1. The summed E-state index contributed by atoms with van der Waals surface area (Å²) in [7, 11) is 1.80. The first-order valence-electron chi connectivity index (χ1n) is 9.50. The van der Waals surface area contributed by atoms with Gasteiger partial charge in [0.05, 0.1) is 15.7 Å². The first-order chi connectivity index (χ1) is 14.9. The molecule has 0 spiro atoms. The zero-order valence-electron chi connectivity index (χ0n) is 16.6. The molecule has 0 aliphatic carbocycles. The number of carbonyl (C=O) groups is 1. The maximum Gasteiger partial charge on any atom is 0.281 e. The maximum absolute atomic E-state index is 13.0. The van der Waals surface area contributed by atoms with Gasteiger partial charge in [-0.05, 0) is 65.8 Å². The van der Waals surface area contributed by atoms with Crippen molar-refractivity contribution in [2.75, 3.05) is 11.9 Å². The largest absolute Gasteiger partial charge is 0.489 e. The fraction of sp³-hybridized carbons (Fsp3) is 0.0833. The number of hydrogen-bond acceptors (Lipinski definition) is 3. The van der Waals surface area contributed by atoms with Gasteiger partial charge in [-0.25, -0.2) is 0 Å². The molecule has 1 heterocycles. The smallest absolute Gasteiger partial charge is 0.281 e. The van der Waals surface area contributed by atoms with E-state index in [9.17, 15) is 4.79 Å². The van der Waals surface area contributed by atoms with Crippen molar-refractivity contribution in [3.8, 4) is 5.75 Å². The van der Waals surface area contributed by atoms with Crippen molar-refractivity contribution in [3.05, 3.63) is 99.7 Å². The number of halogens is 2. The van der Waals surface area contributed by atoms with E-state index in [4.69, 9.17) is 40.2 Å². The lowest BCUT2D eigenvalue weighted by Gasteiger charge is -2.16. The van der Waals surface area contributed by atoms with Gasteiger partial charge in [-0.1, -0.05) is 59.6 Å². The highest BCUT2D eigenvalue weighted by atomic mass is 35.5. The number of para-hydroxylation sites is 1. The summed E-state index contributed by atoms with van der Waals surface area (Å²) >= 11 is 17.5. The van der Waals surface area contributed by atoms with E-state index in [0.29, 0.717) is 33.2 Å². The van der Waals surface area contributed by atoms with E-state index < -0.39 is 0 Å². The van der Waals surface area contributed by atoms with Crippen molar-refractivity contribution >= 4 is 58.2 Å². The van der Waals surface area contributed by atoms with E-state index in [-0.39, 0.29) is 5.91 Å². The number of amides is 1. The highest BCUT2D eigenvalue weighted by Crippen LogP contribution is 2.28. The third kappa shape index (κ3) is 4.59. The van der Waals surface area contributed by atoms with Gasteiger partial charge in [0.15, 0.2) is 5.11 Å². The lowest BCUT2D eigenvalue weighted by Crippen LogP contribution is -2.30. The van der Waals surface area contributed by atoms with E-state index in [1.54, 1.807) is 24.1 Å². The zero-order valence-corrected chi connectivity index (χ0v) is 18.9. The van der Waals surface area contributed by atoms with Gasteiger partial charge in [0.25, 0.3) is 5.91 Å². The Morgan fingerprint density at radius 3 is 2.35 bits per heavy atom. The lowest BCUT2D eigenvalue weighted by molar-refractivity contribution is -0.114. The Morgan fingerprint density at radius 2 is 1.68 bits per heavy atom. The van der Waals surface area contributed by atoms with Crippen molar-refractivity contribution in [2.24, 2.45) is 0 Å². The fourth-order valence-electron chi connectivity index (χ4n) is 3.18. The van der Waals surface area contributed by atoms with Gasteiger partial charge in [-0.15, -0.1) is 0 Å². The SMILES string of the molecule is CN1C(=S)N(c2ccccc2)C(=O)/C1=C/c1ccc(OCc2ccc(Cl)c(Cl)c2)cc1. The predicted octanol–water partition coefficient (Wildman–Crippen LogP) is 6.18. The second kappa shape index (κ2) is 9.10. The molecule has 3 aromatic carbocycles. The van der Waals surface area contributed by atoms with Crippen LogP contribution in [0.3, 0.4) is 0 Å². The van der Waals surface area contributed by atoms with Crippen LogP contribution in [-0.4, -0.2) is 23.0 Å². The van der Waals surface area contributed by atoms with Gasteiger partial charge >= 0.3 is 0 Å². The molecule has 0 N–H and O–H groups in total. The maximum atomic E-state index is 13.0. The highest BCUT2D eigenvalue weighted by molar-refractivity contribution is 7.80. The number of anilines is 1. The first kappa shape index (κ1) is 21.4. The van der Waals surface area contributed by atoms with Gasteiger partial charge in [-0.3, -0.25) is 9.69 Å². The summed E-state index contributed by atoms with van der Waals surface area (Å²) in [6.07, 6.45) is 1.82. The quantitative estimate of drug-likeness (QED) is 0.330. The molecule has 0 aromatic heterocycles. The molecule has 7 heteroatoms. The van der Waals surface area contributed by atoms with Crippen LogP contribution in [0.2, 0.25) is 10.0 Å². The van der Waals surface area contributed by atoms with Crippen LogP contribution >= 0.6 is 35.4 Å². The van der Waals surface area contributed by atoms with Crippen LogP contribution in [0, 0.1) is 0 Å². The van der Waals surface area contributed by atoms with Crippen molar-refractivity contribution in [1.82, 2.24) is 4.90 Å². The Hall–Kier alpha value is -2.86. The minimum absolute atomic E-state index is 0.154. The van der Waals surface area contributed by atoms with Crippen LogP contribution in [0.25, 0.3) is 6.08 Å². The average molecular weight is 469 g/mol. The Morgan fingerprint density at radius 1 is 0.968 bits per heavy atom. The van der Waals surface area contributed by atoms with E-state index in [0.717, 1.165) is 16.8 Å². The Kier molecular flexibility index (Phi) is 6.28. The molecule has 1 aliphatic rings. The third-order valence-electron chi connectivity index (χ3n) is 4.85. The number of nitrogens with zero attached hydrogens (tertiary/aromatic N) is 2. The normalized spacial score (nSPS) is 15.1. The van der Waals surface area contributed by atoms with Crippen molar-refractivity contribution in [3.63, 3.8) is 0 Å². The molecule has 0 radical (unpaired) electrons. The van der Waals surface area contributed by atoms with E-state index in [1.807, 2.05) is 66.7 Å². The Bertz CT molecular complexity index is 1160. The Balaban J connectivity index is 1.48. The molecular formula is C24H18Cl2N2O2S. The first-order valence-corrected chi connectivity index (χ1v) is 10.7. The highest BCUT2D eigenvalue weighted by Gasteiger charge is 2.36. The number of rotatable bonds is 5. The average Bonchev–Trinajstić information content (AvgIpc) is 2.99. The molecule has 1 amide bonds. The second-order valence-corrected chi connectivity index (χ2v) is 8.13. The van der Waals surface area contributed by atoms with Crippen LogP contribution in [-0.2, 0) is 11.4 Å².